The number of amides is 2. The predicted molar refractivity (Wildman–Crippen MR) is 110 cm³/mol. The average molecular weight is 407 g/mol. The van der Waals surface area contributed by atoms with E-state index in [0.717, 1.165) is 18.4 Å². The average Bonchev–Trinajstić information content (AvgIpc) is 3.17. The third-order valence-electron chi connectivity index (χ3n) is 4.80. The van der Waals surface area contributed by atoms with Crippen LogP contribution < -0.4 is 16.4 Å². The first kappa shape index (κ1) is 21.8. The molecule has 3 rings (SSSR count). The molecule has 1 saturated carbocycles. The summed E-state index contributed by atoms with van der Waals surface area (Å²) in [5, 5.41) is 12.3. The van der Waals surface area contributed by atoms with Gasteiger partial charge < -0.3 is 16.4 Å². The van der Waals surface area contributed by atoms with Gasteiger partial charge >= 0.3 is 0 Å². The van der Waals surface area contributed by atoms with Crippen molar-refractivity contribution in [3.05, 3.63) is 30.1 Å². The molecule has 9 heteroatoms. The number of hydrogen-bond donors (Lipinski definition) is 4. The number of benzene rings is 1. The summed E-state index contributed by atoms with van der Waals surface area (Å²) in [6, 6.07) is 7.19. The quantitative estimate of drug-likeness (QED) is 0.561. The van der Waals surface area contributed by atoms with Crippen molar-refractivity contribution >= 4 is 29.9 Å². The monoisotopic (exact) mass is 406 g/mol. The highest BCUT2D eigenvalue weighted by atomic mass is 35.5. The number of carbonyl (C=O) groups is 2. The van der Waals surface area contributed by atoms with Gasteiger partial charge in [0.15, 0.2) is 5.82 Å². The van der Waals surface area contributed by atoms with E-state index in [1.165, 1.54) is 19.3 Å². The van der Waals surface area contributed by atoms with Gasteiger partial charge in [-0.25, -0.2) is 4.98 Å². The lowest BCUT2D eigenvalue weighted by Gasteiger charge is -2.20. The molecule has 1 aliphatic rings. The van der Waals surface area contributed by atoms with Crippen molar-refractivity contribution in [1.82, 2.24) is 20.5 Å². The largest absolute Gasteiger partial charge is 0.347 e. The SMILES string of the molecule is Cl.NCc1nc(-c2ccc(NC(=O)CNC(=O)CC3CCCCC3)cc2)n[nH]1. The van der Waals surface area contributed by atoms with Crippen molar-refractivity contribution in [3.63, 3.8) is 0 Å². The minimum absolute atomic E-state index is 0. The number of hydrogen-bond acceptors (Lipinski definition) is 5. The van der Waals surface area contributed by atoms with Gasteiger partial charge in [0.05, 0.1) is 13.1 Å². The summed E-state index contributed by atoms with van der Waals surface area (Å²) in [6.07, 6.45) is 6.42. The van der Waals surface area contributed by atoms with Crippen LogP contribution in [0.25, 0.3) is 11.4 Å². The first-order valence-corrected chi connectivity index (χ1v) is 9.42. The van der Waals surface area contributed by atoms with Gasteiger partial charge in [-0.1, -0.05) is 19.3 Å². The smallest absolute Gasteiger partial charge is 0.243 e. The van der Waals surface area contributed by atoms with Crippen LogP contribution in [0.2, 0.25) is 0 Å². The molecule has 1 fully saturated rings. The summed E-state index contributed by atoms with van der Waals surface area (Å²) >= 11 is 0. The van der Waals surface area contributed by atoms with Gasteiger partial charge in [-0.3, -0.25) is 14.7 Å². The zero-order chi connectivity index (χ0) is 19.1. The minimum Gasteiger partial charge on any atom is -0.347 e. The lowest BCUT2D eigenvalue weighted by atomic mass is 9.87. The van der Waals surface area contributed by atoms with Gasteiger partial charge in [0, 0.05) is 17.7 Å². The maximum atomic E-state index is 12.0. The highest BCUT2D eigenvalue weighted by Gasteiger charge is 2.17. The van der Waals surface area contributed by atoms with E-state index in [9.17, 15) is 9.59 Å². The number of aromatic amines is 1. The molecule has 152 valence electrons. The summed E-state index contributed by atoms with van der Waals surface area (Å²) in [4.78, 5) is 28.3. The topological polar surface area (TPSA) is 126 Å². The molecule has 0 spiro atoms. The molecule has 0 bridgehead atoms. The standard InChI is InChI=1S/C19H26N6O2.ClH/c20-11-16-23-19(25-24-16)14-6-8-15(9-7-14)22-18(27)12-21-17(26)10-13-4-2-1-3-5-13;/h6-9,13H,1-5,10-12,20H2,(H,21,26)(H,22,27)(H,23,24,25);1H. The fourth-order valence-corrected chi connectivity index (χ4v) is 3.33. The first-order chi connectivity index (χ1) is 13.1. The van der Waals surface area contributed by atoms with Crippen molar-refractivity contribution in [2.75, 3.05) is 11.9 Å². The summed E-state index contributed by atoms with van der Waals surface area (Å²) < 4.78 is 0. The molecule has 5 N–H and O–H groups in total. The molecule has 0 unspecified atom stereocenters. The molecule has 2 aromatic rings. The molecule has 0 atom stereocenters. The van der Waals surface area contributed by atoms with Crippen LogP contribution in [0.4, 0.5) is 5.69 Å². The summed E-state index contributed by atoms with van der Waals surface area (Å²) in [5.74, 6) is 1.34. The van der Waals surface area contributed by atoms with Crippen LogP contribution in [-0.4, -0.2) is 33.5 Å². The Labute approximate surface area is 170 Å². The molecule has 2 amide bonds. The Bertz CT molecular complexity index is 771. The van der Waals surface area contributed by atoms with Crippen LogP contribution in [0, 0.1) is 5.92 Å². The number of rotatable bonds is 7. The van der Waals surface area contributed by atoms with Crippen LogP contribution >= 0.6 is 12.4 Å². The number of nitrogens with one attached hydrogen (secondary N) is 3. The Kier molecular flexibility index (Phi) is 8.41. The van der Waals surface area contributed by atoms with Gasteiger partial charge in [-0.05, 0) is 43.0 Å². The normalized spacial score (nSPS) is 14.2. The maximum absolute atomic E-state index is 12.0. The number of anilines is 1. The second-order valence-corrected chi connectivity index (χ2v) is 6.92. The highest BCUT2D eigenvalue weighted by molar-refractivity contribution is 5.94. The van der Waals surface area contributed by atoms with Gasteiger partial charge in [0.1, 0.15) is 5.82 Å². The van der Waals surface area contributed by atoms with Crippen LogP contribution in [0.1, 0.15) is 44.3 Å². The fraction of sp³-hybridized carbons (Fsp3) is 0.474. The number of H-pyrrole nitrogens is 1. The zero-order valence-electron chi connectivity index (χ0n) is 15.7. The predicted octanol–water partition coefficient (Wildman–Crippen LogP) is 2.38. The van der Waals surface area contributed by atoms with Crippen molar-refractivity contribution in [2.45, 2.75) is 45.1 Å². The Balaban J connectivity index is 0.00000280. The Morgan fingerprint density at radius 2 is 1.82 bits per heavy atom. The second-order valence-electron chi connectivity index (χ2n) is 6.92. The van der Waals surface area contributed by atoms with Crippen LogP contribution in [0.15, 0.2) is 24.3 Å². The van der Waals surface area contributed by atoms with Crippen molar-refractivity contribution in [2.24, 2.45) is 11.7 Å². The maximum Gasteiger partial charge on any atom is 0.243 e. The summed E-state index contributed by atoms with van der Waals surface area (Å²) in [6.45, 7) is 0.279. The fourth-order valence-electron chi connectivity index (χ4n) is 3.33. The van der Waals surface area contributed by atoms with Gasteiger partial charge in [-0.2, -0.15) is 5.10 Å². The van der Waals surface area contributed by atoms with E-state index < -0.39 is 0 Å². The van der Waals surface area contributed by atoms with Gasteiger partial charge in [0.2, 0.25) is 11.8 Å². The molecular formula is C19H27ClN6O2. The summed E-state index contributed by atoms with van der Waals surface area (Å²) in [5.41, 5.74) is 6.99. The van der Waals surface area contributed by atoms with E-state index in [1.54, 1.807) is 12.1 Å². The van der Waals surface area contributed by atoms with E-state index in [4.69, 9.17) is 5.73 Å². The van der Waals surface area contributed by atoms with Crippen molar-refractivity contribution < 1.29 is 9.59 Å². The highest BCUT2D eigenvalue weighted by Crippen LogP contribution is 2.26. The van der Waals surface area contributed by atoms with E-state index in [1.807, 2.05) is 12.1 Å². The number of halogens is 1. The third-order valence-corrected chi connectivity index (χ3v) is 4.80. The molecule has 1 aromatic heterocycles. The Hall–Kier alpha value is -2.45. The van der Waals surface area contributed by atoms with Crippen molar-refractivity contribution in [1.29, 1.82) is 0 Å². The minimum atomic E-state index is -0.247. The van der Waals surface area contributed by atoms with Crippen molar-refractivity contribution in [3.8, 4) is 11.4 Å². The third kappa shape index (κ3) is 6.31. The second kappa shape index (κ2) is 10.8. The lowest BCUT2D eigenvalue weighted by Crippen LogP contribution is -2.34. The van der Waals surface area contributed by atoms with Crippen LogP contribution in [0.5, 0.6) is 0 Å². The zero-order valence-corrected chi connectivity index (χ0v) is 16.6. The molecule has 28 heavy (non-hydrogen) atoms. The van der Waals surface area contributed by atoms with E-state index >= 15 is 0 Å². The van der Waals surface area contributed by atoms with Gasteiger partial charge in [0.25, 0.3) is 0 Å². The molecule has 1 heterocycles. The van der Waals surface area contributed by atoms with Crippen LogP contribution in [-0.2, 0) is 16.1 Å². The summed E-state index contributed by atoms with van der Waals surface area (Å²) in [7, 11) is 0. The number of nitrogens with zero attached hydrogens (tertiary/aromatic N) is 2. The van der Waals surface area contributed by atoms with Crippen LogP contribution in [0.3, 0.4) is 0 Å². The number of nitrogens with two attached hydrogens (primary N) is 1. The molecule has 1 aliphatic carbocycles. The molecule has 0 aliphatic heterocycles. The Morgan fingerprint density at radius 1 is 1.11 bits per heavy atom. The number of aromatic nitrogens is 3. The molecule has 0 saturated heterocycles. The van der Waals surface area contributed by atoms with Gasteiger partial charge in [-0.15, -0.1) is 12.4 Å². The van der Waals surface area contributed by atoms with E-state index in [2.05, 4.69) is 25.8 Å². The molecular weight excluding hydrogens is 380 g/mol. The van der Waals surface area contributed by atoms with E-state index in [-0.39, 0.29) is 30.8 Å². The Morgan fingerprint density at radius 3 is 2.46 bits per heavy atom. The lowest BCUT2D eigenvalue weighted by molar-refractivity contribution is -0.125. The molecule has 0 radical (unpaired) electrons. The first-order valence-electron chi connectivity index (χ1n) is 9.42. The molecule has 1 aromatic carbocycles. The molecule has 8 nitrogen and oxygen atoms in total. The van der Waals surface area contributed by atoms with E-state index in [0.29, 0.717) is 36.2 Å². The number of carbonyl (C=O) groups excluding carboxylic acids is 2.